The van der Waals surface area contributed by atoms with Gasteiger partial charge < -0.3 is 11.2 Å². The van der Waals surface area contributed by atoms with E-state index in [1.165, 1.54) is 32.1 Å². The van der Waals surface area contributed by atoms with E-state index in [0.29, 0.717) is 11.9 Å². The van der Waals surface area contributed by atoms with Gasteiger partial charge in [0, 0.05) is 18.2 Å². The largest absolute Gasteiger partial charge is 0.382 e. The van der Waals surface area contributed by atoms with Crippen molar-refractivity contribution in [1.29, 1.82) is 0 Å². The molecule has 21 heavy (non-hydrogen) atoms. The van der Waals surface area contributed by atoms with Gasteiger partial charge in [-0.15, -0.1) is 0 Å². The van der Waals surface area contributed by atoms with Crippen LogP contribution in [0, 0.1) is 13.8 Å². The lowest BCUT2D eigenvalue weighted by atomic mass is 9.96. The van der Waals surface area contributed by atoms with Gasteiger partial charge in [0.2, 0.25) is 0 Å². The topological polar surface area (TPSA) is 68.8 Å². The van der Waals surface area contributed by atoms with Gasteiger partial charge in [0.1, 0.15) is 11.3 Å². The number of nitrogens with zero attached hydrogens (tertiary/aromatic N) is 3. The highest BCUT2D eigenvalue weighted by Gasteiger charge is 2.20. The van der Waals surface area contributed by atoms with Gasteiger partial charge in [-0.2, -0.15) is 0 Å². The van der Waals surface area contributed by atoms with Crippen LogP contribution in [0.25, 0.3) is 11.0 Å². The van der Waals surface area contributed by atoms with Crippen LogP contribution in [-0.4, -0.2) is 20.7 Å². The molecule has 0 radical (unpaired) electrons. The van der Waals surface area contributed by atoms with Crippen molar-refractivity contribution < 1.29 is 0 Å². The molecule has 1 saturated carbocycles. The van der Waals surface area contributed by atoms with E-state index in [9.17, 15) is 0 Å². The number of rotatable bonds is 3. The van der Waals surface area contributed by atoms with Crippen molar-refractivity contribution in [1.82, 2.24) is 14.6 Å². The molecular weight excluding hydrogens is 262 g/mol. The molecule has 3 rings (SSSR count). The lowest BCUT2D eigenvalue weighted by Crippen LogP contribution is -2.31. The summed E-state index contributed by atoms with van der Waals surface area (Å²) in [5.74, 6) is 1.57. The molecule has 0 amide bonds. The molecule has 0 unspecified atom stereocenters. The molecule has 0 atom stereocenters. The van der Waals surface area contributed by atoms with Crippen molar-refractivity contribution in [3.05, 3.63) is 17.1 Å². The maximum Gasteiger partial charge on any atom is 0.151 e. The lowest BCUT2D eigenvalue weighted by Gasteiger charge is -2.26. The average Bonchev–Trinajstić information content (AvgIpc) is 2.85. The van der Waals surface area contributed by atoms with E-state index < -0.39 is 0 Å². The van der Waals surface area contributed by atoms with Crippen LogP contribution in [0.15, 0.2) is 0 Å². The summed E-state index contributed by atoms with van der Waals surface area (Å²) in [6, 6.07) is 0.538. The average molecular weight is 287 g/mol. The van der Waals surface area contributed by atoms with Crippen molar-refractivity contribution in [2.75, 3.05) is 11.2 Å². The third kappa shape index (κ3) is 2.45. The second-order valence-electron chi connectivity index (χ2n) is 6.09. The molecule has 2 heterocycles. The maximum atomic E-state index is 6.08. The Morgan fingerprint density at radius 3 is 2.57 bits per heavy atom. The number of imidazole rings is 1. The molecule has 0 spiro atoms. The van der Waals surface area contributed by atoms with E-state index in [1.807, 2.05) is 6.92 Å². The molecule has 0 aromatic carbocycles. The van der Waals surface area contributed by atoms with Gasteiger partial charge in [-0.3, -0.25) is 0 Å². The predicted octanol–water partition coefficient (Wildman–Crippen LogP) is 3.07. The van der Waals surface area contributed by atoms with Gasteiger partial charge in [-0.25, -0.2) is 14.6 Å². The Labute approximate surface area is 125 Å². The van der Waals surface area contributed by atoms with Crippen molar-refractivity contribution in [2.24, 2.45) is 0 Å². The Kier molecular flexibility index (Phi) is 3.74. The van der Waals surface area contributed by atoms with Crippen LogP contribution in [0.3, 0.4) is 0 Å². The van der Waals surface area contributed by atoms with Gasteiger partial charge in [0.25, 0.3) is 0 Å². The van der Waals surface area contributed by atoms with E-state index >= 15 is 0 Å². The van der Waals surface area contributed by atoms with Crippen LogP contribution in [-0.2, 0) is 6.42 Å². The quantitative estimate of drug-likeness (QED) is 0.910. The second kappa shape index (κ2) is 5.54. The van der Waals surface area contributed by atoms with E-state index in [0.717, 1.165) is 34.5 Å². The van der Waals surface area contributed by atoms with Gasteiger partial charge in [0.05, 0.1) is 5.52 Å². The standard InChI is InChI=1S/C16H25N5/c1-4-13-19-14-15(10(2)11(3)18-16(14)17)21(13)20-12-8-6-5-7-9-12/h12,20H,4-9H2,1-3H3,(H2,17,18). The number of pyridine rings is 1. The van der Waals surface area contributed by atoms with Crippen molar-refractivity contribution >= 4 is 16.9 Å². The second-order valence-corrected chi connectivity index (χ2v) is 6.09. The zero-order chi connectivity index (χ0) is 15.0. The Bertz CT molecular complexity index is 652. The third-order valence-corrected chi connectivity index (χ3v) is 4.61. The number of fused-ring (bicyclic) bond motifs is 1. The zero-order valence-corrected chi connectivity index (χ0v) is 13.2. The fourth-order valence-electron chi connectivity index (χ4n) is 3.27. The highest BCUT2D eigenvalue weighted by molar-refractivity contribution is 5.88. The van der Waals surface area contributed by atoms with Crippen LogP contribution in [0.5, 0.6) is 0 Å². The summed E-state index contributed by atoms with van der Waals surface area (Å²) in [6.07, 6.45) is 7.34. The molecule has 1 fully saturated rings. The smallest absolute Gasteiger partial charge is 0.151 e. The Morgan fingerprint density at radius 2 is 1.90 bits per heavy atom. The third-order valence-electron chi connectivity index (χ3n) is 4.61. The summed E-state index contributed by atoms with van der Waals surface area (Å²) in [4.78, 5) is 9.12. The van der Waals surface area contributed by atoms with Gasteiger partial charge in [-0.1, -0.05) is 26.2 Å². The minimum atomic E-state index is 0.534. The van der Waals surface area contributed by atoms with Gasteiger partial charge >= 0.3 is 0 Å². The Balaban J connectivity index is 2.10. The molecule has 114 valence electrons. The Morgan fingerprint density at radius 1 is 1.19 bits per heavy atom. The van der Waals surface area contributed by atoms with Crippen LogP contribution in [0.1, 0.15) is 56.1 Å². The number of nitrogens with one attached hydrogen (secondary N) is 1. The number of hydrogen-bond donors (Lipinski definition) is 2. The summed E-state index contributed by atoms with van der Waals surface area (Å²) < 4.78 is 2.17. The first-order valence-electron chi connectivity index (χ1n) is 8.02. The fraction of sp³-hybridized carbons (Fsp3) is 0.625. The van der Waals surface area contributed by atoms with Crippen LogP contribution in [0.4, 0.5) is 5.82 Å². The molecule has 0 aliphatic heterocycles. The molecule has 3 N–H and O–H groups in total. The molecule has 1 aliphatic rings. The first kappa shape index (κ1) is 14.2. The van der Waals surface area contributed by atoms with Crippen molar-refractivity contribution in [3.63, 3.8) is 0 Å². The molecule has 0 bridgehead atoms. The lowest BCUT2D eigenvalue weighted by molar-refractivity contribution is 0.437. The molecule has 5 heteroatoms. The summed E-state index contributed by atoms with van der Waals surface area (Å²) in [7, 11) is 0. The number of aryl methyl sites for hydroxylation is 3. The molecule has 2 aromatic heterocycles. The van der Waals surface area contributed by atoms with E-state index in [2.05, 4.69) is 28.9 Å². The van der Waals surface area contributed by atoms with Crippen LogP contribution in [0.2, 0.25) is 0 Å². The maximum absolute atomic E-state index is 6.08. The summed E-state index contributed by atoms with van der Waals surface area (Å²) in [5.41, 5.74) is 13.8. The predicted molar refractivity (Wildman–Crippen MR) is 87.0 cm³/mol. The first-order chi connectivity index (χ1) is 10.1. The zero-order valence-electron chi connectivity index (χ0n) is 13.2. The summed E-state index contributed by atoms with van der Waals surface area (Å²) in [5, 5.41) is 0. The highest BCUT2D eigenvalue weighted by Crippen LogP contribution is 2.27. The normalized spacial score (nSPS) is 16.5. The SMILES string of the molecule is CCc1nc2c(N)nc(C)c(C)c2n1NC1CCCCC1. The minimum absolute atomic E-state index is 0.534. The van der Waals surface area contributed by atoms with Crippen LogP contribution < -0.4 is 11.2 Å². The van der Waals surface area contributed by atoms with E-state index in [1.54, 1.807) is 0 Å². The molecule has 1 aliphatic carbocycles. The molecule has 2 aromatic rings. The van der Waals surface area contributed by atoms with Crippen molar-refractivity contribution in [3.8, 4) is 0 Å². The van der Waals surface area contributed by atoms with Crippen LogP contribution >= 0.6 is 0 Å². The minimum Gasteiger partial charge on any atom is -0.382 e. The molecule has 5 nitrogen and oxygen atoms in total. The number of aromatic nitrogens is 3. The Hall–Kier alpha value is -1.78. The first-order valence-corrected chi connectivity index (χ1v) is 8.02. The van der Waals surface area contributed by atoms with Crippen molar-refractivity contribution in [2.45, 2.75) is 65.3 Å². The fourth-order valence-corrected chi connectivity index (χ4v) is 3.27. The monoisotopic (exact) mass is 287 g/mol. The van der Waals surface area contributed by atoms with Gasteiger partial charge in [-0.05, 0) is 32.3 Å². The summed E-state index contributed by atoms with van der Waals surface area (Å²) in [6.45, 7) is 6.24. The van der Waals surface area contributed by atoms with E-state index in [-0.39, 0.29) is 0 Å². The molecular formula is C16H25N5. The van der Waals surface area contributed by atoms with Gasteiger partial charge in [0.15, 0.2) is 5.82 Å². The number of hydrogen-bond acceptors (Lipinski definition) is 4. The number of nitrogens with two attached hydrogens (primary N) is 1. The number of nitrogen functional groups attached to an aromatic ring is 1. The highest BCUT2D eigenvalue weighted by atomic mass is 15.4. The van der Waals surface area contributed by atoms with E-state index in [4.69, 9.17) is 10.7 Å². The summed E-state index contributed by atoms with van der Waals surface area (Å²) >= 11 is 0. The molecule has 0 saturated heterocycles. The number of anilines is 1.